The Hall–Kier alpha value is -3.53. The molecule has 3 rings (SSSR count). The van der Waals surface area contributed by atoms with Gasteiger partial charge < -0.3 is 4.74 Å². The first kappa shape index (κ1) is 20.2. The molecule has 0 aliphatic heterocycles. The Morgan fingerprint density at radius 3 is 2.14 bits per heavy atom. The SMILES string of the molecule is C=C[C@H](c1cccnc1)[C@@H](N=C(c1ccccc1)c1ccccc1)C(=O)OCC. The Labute approximate surface area is 171 Å². The summed E-state index contributed by atoms with van der Waals surface area (Å²) in [5.41, 5.74) is 3.47. The van der Waals surface area contributed by atoms with Gasteiger partial charge in [-0.05, 0) is 18.6 Å². The summed E-state index contributed by atoms with van der Waals surface area (Å²) in [7, 11) is 0. The molecule has 2 atom stereocenters. The van der Waals surface area contributed by atoms with Crippen molar-refractivity contribution in [3.63, 3.8) is 0 Å². The summed E-state index contributed by atoms with van der Waals surface area (Å²) in [6, 6.07) is 22.7. The van der Waals surface area contributed by atoms with Gasteiger partial charge in [0.2, 0.25) is 0 Å². The minimum Gasteiger partial charge on any atom is -0.464 e. The molecule has 146 valence electrons. The molecule has 0 amide bonds. The Morgan fingerprint density at radius 1 is 1.03 bits per heavy atom. The van der Waals surface area contributed by atoms with Gasteiger partial charge in [-0.25, -0.2) is 4.79 Å². The summed E-state index contributed by atoms with van der Waals surface area (Å²) < 4.78 is 5.37. The Morgan fingerprint density at radius 2 is 1.66 bits per heavy atom. The van der Waals surface area contributed by atoms with Crippen molar-refractivity contribution in [3.8, 4) is 0 Å². The van der Waals surface area contributed by atoms with Gasteiger partial charge >= 0.3 is 5.97 Å². The van der Waals surface area contributed by atoms with E-state index in [0.717, 1.165) is 22.4 Å². The monoisotopic (exact) mass is 384 g/mol. The zero-order valence-electron chi connectivity index (χ0n) is 16.4. The number of hydrogen-bond acceptors (Lipinski definition) is 4. The number of carbonyl (C=O) groups is 1. The van der Waals surface area contributed by atoms with Crippen molar-refractivity contribution in [2.24, 2.45) is 4.99 Å². The van der Waals surface area contributed by atoms with Crippen molar-refractivity contribution in [1.82, 2.24) is 4.98 Å². The highest BCUT2D eigenvalue weighted by Gasteiger charge is 2.29. The maximum absolute atomic E-state index is 12.9. The molecule has 1 aromatic heterocycles. The summed E-state index contributed by atoms with van der Waals surface area (Å²) in [6.07, 6.45) is 5.17. The lowest BCUT2D eigenvalue weighted by Crippen LogP contribution is -2.29. The predicted molar refractivity (Wildman–Crippen MR) is 116 cm³/mol. The molecule has 4 nitrogen and oxygen atoms in total. The number of ether oxygens (including phenoxy) is 1. The second-order valence-corrected chi connectivity index (χ2v) is 6.45. The third kappa shape index (κ3) is 5.05. The first-order valence-electron chi connectivity index (χ1n) is 9.62. The van der Waals surface area contributed by atoms with Crippen molar-refractivity contribution < 1.29 is 9.53 Å². The van der Waals surface area contributed by atoms with E-state index in [1.807, 2.05) is 72.8 Å². The zero-order valence-corrected chi connectivity index (χ0v) is 16.4. The van der Waals surface area contributed by atoms with E-state index in [9.17, 15) is 4.79 Å². The lowest BCUT2D eigenvalue weighted by Gasteiger charge is -2.21. The van der Waals surface area contributed by atoms with E-state index in [1.54, 1.807) is 25.4 Å². The molecule has 29 heavy (non-hydrogen) atoms. The number of pyridine rings is 1. The van der Waals surface area contributed by atoms with E-state index < -0.39 is 6.04 Å². The van der Waals surface area contributed by atoms with Gasteiger partial charge in [-0.3, -0.25) is 9.98 Å². The highest BCUT2D eigenvalue weighted by molar-refractivity contribution is 6.13. The van der Waals surface area contributed by atoms with Gasteiger partial charge in [0, 0.05) is 29.4 Å². The van der Waals surface area contributed by atoms with Gasteiger partial charge in [0.25, 0.3) is 0 Å². The normalized spacial score (nSPS) is 12.4. The van der Waals surface area contributed by atoms with E-state index in [4.69, 9.17) is 9.73 Å². The molecule has 0 spiro atoms. The van der Waals surface area contributed by atoms with Crippen LogP contribution in [0, 0.1) is 0 Å². The number of aliphatic imine (C=N–C) groups is 1. The first-order chi connectivity index (χ1) is 14.2. The van der Waals surface area contributed by atoms with Crippen LogP contribution in [0.1, 0.15) is 29.5 Å². The number of carbonyl (C=O) groups excluding carboxylic acids is 1. The third-order valence-electron chi connectivity index (χ3n) is 4.55. The molecular formula is C25H24N2O2. The average molecular weight is 384 g/mol. The summed E-state index contributed by atoms with van der Waals surface area (Å²) >= 11 is 0. The lowest BCUT2D eigenvalue weighted by atomic mass is 9.92. The maximum Gasteiger partial charge on any atom is 0.331 e. The Bertz CT molecular complexity index is 912. The molecule has 3 aromatic rings. The van der Waals surface area contributed by atoms with Crippen molar-refractivity contribution in [1.29, 1.82) is 0 Å². The second-order valence-electron chi connectivity index (χ2n) is 6.45. The fourth-order valence-electron chi connectivity index (χ4n) is 3.17. The summed E-state index contributed by atoms with van der Waals surface area (Å²) in [5.74, 6) is -0.740. The summed E-state index contributed by atoms with van der Waals surface area (Å²) in [4.78, 5) is 22.0. The molecule has 1 heterocycles. The second kappa shape index (κ2) is 10.1. The van der Waals surface area contributed by atoms with Crippen LogP contribution in [0.5, 0.6) is 0 Å². The smallest absolute Gasteiger partial charge is 0.331 e. The van der Waals surface area contributed by atoms with Crippen LogP contribution >= 0.6 is 0 Å². The van der Waals surface area contributed by atoms with Crippen LogP contribution in [0.4, 0.5) is 0 Å². The predicted octanol–water partition coefficient (Wildman–Crippen LogP) is 4.82. The number of aromatic nitrogens is 1. The third-order valence-corrected chi connectivity index (χ3v) is 4.55. The van der Waals surface area contributed by atoms with Crippen LogP contribution in [-0.2, 0) is 9.53 Å². The molecule has 0 saturated heterocycles. The average Bonchev–Trinajstić information content (AvgIpc) is 2.78. The Balaban J connectivity index is 2.14. The molecule has 2 aromatic carbocycles. The van der Waals surface area contributed by atoms with E-state index >= 15 is 0 Å². The van der Waals surface area contributed by atoms with Crippen LogP contribution in [0.25, 0.3) is 0 Å². The van der Waals surface area contributed by atoms with E-state index in [0.29, 0.717) is 0 Å². The highest BCUT2D eigenvalue weighted by atomic mass is 16.5. The molecule has 0 radical (unpaired) electrons. The van der Waals surface area contributed by atoms with Gasteiger partial charge in [-0.2, -0.15) is 0 Å². The minimum atomic E-state index is -0.771. The number of benzene rings is 2. The van der Waals surface area contributed by atoms with E-state index in [1.165, 1.54) is 0 Å². The lowest BCUT2D eigenvalue weighted by molar-refractivity contribution is -0.144. The van der Waals surface area contributed by atoms with Gasteiger partial charge in [-0.1, -0.05) is 72.8 Å². The maximum atomic E-state index is 12.9. The van der Waals surface area contributed by atoms with Crippen LogP contribution in [-0.4, -0.2) is 29.3 Å². The molecule has 0 bridgehead atoms. The molecule has 0 saturated carbocycles. The van der Waals surface area contributed by atoms with Crippen molar-refractivity contribution in [3.05, 3.63) is 115 Å². The Kier molecular flexibility index (Phi) is 7.06. The summed E-state index contributed by atoms with van der Waals surface area (Å²) in [5, 5.41) is 0. The number of hydrogen-bond donors (Lipinski definition) is 0. The van der Waals surface area contributed by atoms with E-state index in [2.05, 4.69) is 11.6 Å². The summed E-state index contributed by atoms with van der Waals surface area (Å²) in [6.45, 7) is 6.03. The van der Waals surface area contributed by atoms with Crippen LogP contribution in [0.2, 0.25) is 0 Å². The van der Waals surface area contributed by atoms with Crippen molar-refractivity contribution in [2.45, 2.75) is 18.9 Å². The van der Waals surface area contributed by atoms with E-state index in [-0.39, 0.29) is 18.5 Å². The quantitative estimate of drug-likeness (QED) is 0.318. The van der Waals surface area contributed by atoms with Gasteiger partial charge in [0.05, 0.1) is 12.3 Å². The van der Waals surface area contributed by atoms with Crippen LogP contribution < -0.4 is 0 Å². The zero-order chi connectivity index (χ0) is 20.5. The molecule has 0 aliphatic carbocycles. The molecular weight excluding hydrogens is 360 g/mol. The van der Waals surface area contributed by atoms with Gasteiger partial charge in [-0.15, -0.1) is 6.58 Å². The molecule has 0 fully saturated rings. The number of esters is 1. The topological polar surface area (TPSA) is 51.5 Å². The number of nitrogens with zero attached hydrogens (tertiary/aromatic N) is 2. The van der Waals surface area contributed by atoms with Crippen molar-refractivity contribution >= 4 is 11.7 Å². The fourth-order valence-corrected chi connectivity index (χ4v) is 3.17. The fraction of sp³-hybridized carbons (Fsp3) is 0.160. The van der Waals surface area contributed by atoms with Crippen LogP contribution in [0.15, 0.2) is 103 Å². The molecule has 0 unspecified atom stereocenters. The van der Waals surface area contributed by atoms with Crippen LogP contribution in [0.3, 0.4) is 0 Å². The van der Waals surface area contributed by atoms with Gasteiger partial charge in [0.1, 0.15) is 0 Å². The minimum absolute atomic E-state index is 0.285. The number of rotatable bonds is 8. The van der Waals surface area contributed by atoms with Crippen molar-refractivity contribution in [2.75, 3.05) is 6.61 Å². The molecule has 0 aliphatic rings. The largest absolute Gasteiger partial charge is 0.464 e. The standard InChI is InChI=1S/C25H24N2O2/c1-3-22(21-16-11-17-26-18-21)24(25(28)29-4-2)27-23(19-12-7-5-8-13-19)20-14-9-6-10-15-20/h3,5-18,22,24H,1,4H2,2H3/t22-,24-/m1/s1. The van der Waals surface area contributed by atoms with Gasteiger partial charge in [0.15, 0.2) is 6.04 Å². The first-order valence-corrected chi connectivity index (χ1v) is 9.62. The molecule has 4 heteroatoms. The molecule has 0 N–H and O–H groups in total. The highest BCUT2D eigenvalue weighted by Crippen LogP contribution is 2.25.